The van der Waals surface area contributed by atoms with Crippen molar-refractivity contribution < 1.29 is 27.9 Å². The molecular formula is C35H49FN4O5SSi. The number of alkyl carbamates (subject to hydrolysis) is 1. The maximum atomic E-state index is 16.9. The van der Waals surface area contributed by atoms with E-state index in [1.165, 1.54) is 7.11 Å². The Morgan fingerprint density at radius 3 is 2.17 bits per heavy atom. The number of benzene rings is 2. The summed E-state index contributed by atoms with van der Waals surface area (Å²) in [5, 5.41) is 12.5. The van der Waals surface area contributed by atoms with Crippen LogP contribution in [-0.2, 0) is 22.4 Å². The molecule has 0 aliphatic carbocycles. The van der Waals surface area contributed by atoms with E-state index < -0.39 is 31.9 Å². The predicted octanol–water partition coefficient (Wildman–Crippen LogP) is 9.49. The number of hydrogen-bond acceptors (Lipinski definition) is 8. The van der Waals surface area contributed by atoms with Crippen LogP contribution in [0.15, 0.2) is 40.3 Å². The molecule has 256 valence electrons. The highest BCUT2D eigenvalue weighted by atomic mass is 32.2. The summed E-state index contributed by atoms with van der Waals surface area (Å²) in [7, 11) is -1.34. The van der Waals surface area contributed by atoms with Crippen molar-refractivity contribution in [3.8, 4) is 11.8 Å². The lowest BCUT2D eigenvalue weighted by Crippen LogP contribution is -2.51. The topological polar surface area (TPSA) is 122 Å². The van der Waals surface area contributed by atoms with Gasteiger partial charge in [-0.3, -0.25) is 0 Å². The van der Waals surface area contributed by atoms with E-state index in [1.807, 2.05) is 6.92 Å². The third-order valence-corrected chi connectivity index (χ3v) is 14.5. The van der Waals surface area contributed by atoms with Crippen LogP contribution in [0.5, 0.6) is 5.75 Å². The van der Waals surface area contributed by atoms with Gasteiger partial charge in [0, 0.05) is 12.1 Å². The minimum atomic E-state index is -2.55. The molecule has 0 unspecified atom stereocenters. The van der Waals surface area contributed by atoms with E-state index in [0.717, 1.165) is 17.3 Å². The van der Waals surface area contributed by atoms with E-state index in [4.69, 9.17) is 18.9 Å². The molecule has 0 saturated carbocycles. The predicted molar refractivity (Wildman–Crippen MR) is 191 cm³/mol. The van der Waals surface area contributed by atoms with Gasteiger partial charge in [0.1, 0.15) is 22.1 Å². The summed E-state index contributed by atoms with van der Waals surface area (Å²) in [6.07, 6.45) is 0.801. The Labute approximate surface area is 284 Å². The Kier molecular flexibility index (Phi) is 14.2. The van der Waals surface area contributed by atoms with E-state index >= 15 is 4.39 Å². The first-order valence-corrected chi connectivity index (χ1v) is 19.1. The molecule has 0 radical (unpaired) electrons. The molecule has 0 atom stereocenters. The molecule has 1 N–H and O–H groups in total. The largest absolute Gasteiger partial charge is 0.541 e. The average molecular weight is 685 g/mol. The first kappa shape index (κ1) is 39.5. The number of rotatable bonds is 11. The number of amides is 2. The Morgan fingerprint density at radius 2 is 1.68 bits per heavy atom. The first-order chi connectivity index (χ1) is 21.9. The molecule has 0 saturated heterocycles. The van der Waals surface area contributed by atoms with E-state index in [1.54, 1.807) is 57.4 Å². The van der Waals surface area contributed by atoms with Gasteiger partial charge in [-0.2, -0.15) is 10.3 Å². The number of nitrogens with one attached hydrogen (secondary N) is 1. The molecular weight excluding hydrogens is 636 g/mol. The van der Waals surface area contributed by atoms with Gasteiger partial charge in [-0.25, -0.2) is 19.0 Å². The number of methoxy groups -OCH3 is 1. The third kappa shape index (κ3) is 10.1. The monoisotopic (exact) mass is 684 g/mol. The van der Waals surface area contributed by atoms with E-state index in [-0.39, 0.29) is 45.2 Å². The van der Waals surface area contributed by atoms with Crippen molar-refractivity contribution in [3.05, 3.63) is 58.4 Å². The Hall–Kier alpha value is -3.69. The summed E-state index contributed by atoms with van der Waals surface area (Å²) in [5.41, 5.74) is 2.11. The van der Waals surface area contributed by atoms with Crippen LogP contribution in [0, 0.1) is 17.1 Å². The average Bonchev–Trinajstić information content (AvgIpc) is 2.99. The number of hydrogen-bond donors (Lipinski definition) is 1. The molecule has 2 aromatic carbocycles. The number of nitrogens with zero attached hydrogens (tertiary/aromatic N) is 3. The zero-order chi connectivity index (χ0) is 35.7. The molecule has 0 aliphatic rings. The SMILES string of the molecule is CCc1cc(O[Si](C(C)C)(C(C)C)C(C)C)c(F)c(C(=Nc2ccc(C#N)c(CNC(=O)OC(C)(C)C)c2)C(=NC(=O)OC)SC)c1. The van der Waals surface area contributed by atoms with Crippen LogP contribution >= 0.6 is 11.8 Å². The van der Waals surface area contributed by atoms with Crippen LogP contribution in [0.2, 0.25) is 16.6 Å². The summed E-state index contributed by atoms with van der Waals surface area (Å²) in [6.45, 7) is 20.0. The minimum absolute atomic E-state index is 0.00782. The van der Waals surface area contributed by atoms with Gasteiger partial charge in [0.2, 0.25) is 0 Å². The highest BCUT2D eigenvalue weighted by molar-refractivity contribution is 8.15. The number of carbonyl (C=O) groups excluding carboxylic acids is 2. The van der Waals surface area contributed by atoms with Crippen molar-refractivity contribution in [2.45, 2.75) is 104 Å². The number of thioether (sulfide) groups is 1. The standard InChI is InChI=1S/C35H49FN4O5SSi/c1-13-24-16-28(30(36)29(17-24)45-47(21(2)3,22(4)5)23(6)7)31(32(46-12)40-34(42)43-11)39-27-15-14-25(19-37)26(18-27)20-38-33(41)44-35(8,9)10/h14-18,21-23H,13,20H2,1-12H3,(H,38,41). The molecule has 9 nitrogen and oxygen atoms in total. The molecule has 0 spiro atoms. The fourth-order valence-corrected chi connectivity index (χ4v) is 11.5. The normalized spacial score (nSPS) is 12.7. The van der Waals surface area contributed by atoms with Crippen molar-refractivity contribution in [2.75, 3.05) is 13.4 Å². The van der Waals surface area contributed by atoms with Crippen LogP contribution in [0.25, 0.3) is 0 Å². The summed E-state index contributed by atoms with van der Waals surface area (Å²) >= 11 is 1.12. The van der Waals surface area contributed by atoms with Gasteiger partial charge >= 0.3 is 12.2 Å². The molecule has 0 bridgehead atoms. The van der Waals surface area contributed by atoms with Crippen LogP contribution in [0.3, 0.4) is 0 Å². The number of aliphatic imine (C=N–C) groups is 2. The van der Waals surface area contributed by atoms with E-state index in [0.29, 0.717) is 23.2 Å². The molecule has 0 aliphatic heterocycles. The second kappa shape index (κ2) is 16.9. The van der Waals surface area contributed by atoms with Gasteiger partial charge in [0.25, 0.3) is 8.32 Å². The van der Waals surface area contributed by atoms with Gasteiger partial charge in [-0.15, -0.1) is 11.8 Å². The molecule has 0 fully saturated rings. The molecule has 12 heteroatoms. The fraction of sp³-hybridized carbons (Fsp3) is 0.514. The van der Waals surface area contributed by atoms with Crippen LogP contribution in [0.4, 0.5) is 19.7 Å². The van der Waals surface area contributed by atoms with Crippen LogP contribution in [0.1, 0.15) is 91.5 Å². The van der Waals surface area contributed by atoms with Crippen molar-refractivity contribution in [2.24, 2.45) is 9.98 Å². The second-order valence-corrected chi connectivity index (χ2v) is 19.3. The summed E-state index contributed by atoms with van der Waals surface area (Å²) in [6, 6.07) is 10.4. The maximum absolute atomic E-state index is 16.9. The maximum Gasteiger partial charge on any atom is 0.434 e. The number of carbonyl (C=O) groups is 2. The Morgan fingerprint density at radius 1 is 1.06 bits per heavy atom. The molecule has 0 heterocycles. The summed E-state index contributed by atoms with van der Waals surface area (Å²) < 4.78 is 33.8. The van der Waals surface area contributed by atoms with Gasteiger partial charge in [0.15, 0.2) is 5.82 Å². The third-order valence-electron chi connectivity index (χ3n) is 7.79. The molecule has 2 rings (SSSR count). The smallest absolute Gasteiger partial charge is 0.434 e. The second-order valence-electron chi connectivity index (χ2n) is 13.1. The number of halogens is 1. The zero-order valence-electron chi connectivity index (χ0n) is 29.7. The lowest BCUT2D eigenvalue weighted by Gasteiger charge is -2.42. The highest BCUT2D eigenvalue weighted by Gasteiger charge is 2.47. The quantitative estimate of drug-likeness (QED) is 0.142. The first-order valence-electron chi connectivity index (χ1n) is 15.7. The number of nitriles is 1. The molecule has 47 heavy (non-hydrogen) atoms. The van der Waals surface area contributed by atoms with E-state index in [9.17, 15) is 14.9 Å². The van der Waals surface area contributed by atoms with Gasteiger partial charge in [-0.05, 0) is 91.5 Å². The molecule has 2 aromatic rings. The molecule has 0 aromatic heterocycles. The van der Waals surface area contributed by atoms with Crippen LogP contribution in [-0.4, -0.2) is 50.2 Å². The fourth-order valence-electron chi connectivity index (χ4n) is 5.71. The molecule has 2 amide bonds. The van der Waals surface area contributed by atoms with Crippen molar-refractivity contribution in [3.63, 3.8) is 0 Å². The van der Waals surface area contributed by atoms with Gasteiger partial charge in [-0.1, -0.05) is 48.5 Å². The van der Waals surface area contributed by atoms with Gasteiger partial charge < -0.3 is 19.2 Å². The zero-order valence-corrected chi connectivity index (χ0v) is 31.5. The van der Waals surface area contributed by atoms with Crippen molar-refractivity contribution in [1.29, 1.82) is 5.26 Å². The highest BCUT2D eigenvalue weighted by Crippen LogP contribution is 2.44. The summed E-state index contributed by atoms with van der Waals surface area (Å²) in [5.74, 6) is -0.456. The number of ether oxygens (including phenoxy) is 2. The van der Waals surface area contributed by atoms with E-state index in [2.05, 4.69) is 57.9 Å². The Balaban J connectivity index is 2.87. The minimum Gasteiger partial charge on any atom is -0.541 e. The van der Waals surface area contributed by atoms with Crippen LogP contribution < -0.4 is 9.74 Å². The number of aryl methyl sites for hydroxylation is 1. The lowest BCUT2D eigenvalue weighted by atomic mass is 10.0. The lowest BCUT2D eigenvalue weighted by molar-refractivity contribution is 0.0523. The summed E-state index contributed by atoms with van der Waals surface area (Å²) in [4.78, 5) is 33.6. The van der Waals surface area contributed by atoms with Crippen molar-refractivity contribution >= 4 is 48.7 Å². The Bertz CT molecular complexity index is 1520. The van der Waals surface area contributed by atoms with Gasteiger partial charge in [0.05, 0.1) is 24.4 Å². The van der Waals surface area contributed by atoms with Crippen molar-refractivity contribution in [1.82, 2.24) is 5.32 Å².